The Hall–Kier alpha value is -3.31. The van der Waals surface area contributed by atoms with Crippen LogP contribution in [0.15, 0.2) is 36.4 Å². The lowest BCUT2D eigenvalue weighted by Crippen LogP contribution is -2.33. The fraction of sp³-hybridized carbons (Fsp3) is 0.364. The Morgan fingerprint density at radius 1 is 0.848 bits per heavy atom. The van der Waals surface area contributed by atoms with Gasteiger partial charge >= 0.3 is 12.1 Å². The summed E-state index contributed by atoms with van der Waals surface area (Å²) in [5.74, 6) is -3.32. The van der Waals surface area contributed by atoms with Crippen LogP contribution in [0.1, 0.15) is 21.8 Å². The molecule has 0 aliphatic rings. The highest BCUT2D eigenvalue weighted by molar-refractivity contribution is 6.05. The lowest BCUT2D eigenvalue weighted by molar-refractivity contribution is -0.167. The number of Topliss-reactive ketones (excluding diaryl/α,β-unsaturated/α-hetero) is 1. The van der Waals surface area contributed by atoms with Gasteiger partial charge in [-0.1, -0.05) is 6.07 Å². The number of hydrogen-bond acceptors (Lipinski definition) is 7. The molecule has 0 saturated carbocycles. The molecule has 0 aliphatic heterocycles. The second-order valence-electron chi connectivity index (χ2n) is 6.65. The van der Waals surface area contributed by atoms with Gasteiger partial charge in [0.05, 0.1) is 26.9 Å². The van der Waals surface area contributed by atoms with Gasteiger partial charge in [-0.15, -0.1) is 0 Å². The summed E-state index contributed by atoms with van der Waals surface area (Å²) >= 11 is 0. The number of methoxy groups -OCH3 is 5. The Morgan fingerprint density at radius 2 is 1.42 bits per heavy atom. The molecule has 11 heteroatoms. The Morgan fingerprint density at radius 3 is 1.94 bits per heavy atom. The minimum Gasteiger partial charge on any atom is -0.497 e. The highest BCUT2D eigenvalue weighted by Crippen LogP contribution is 2.37. The lowest BCUT2D eigenvalue weighted by Gasteiger charge is -2.27. The van der Waals surface area contributed by atoms with E-state index < -0.39 is 30.1 Å². The zero-order valence-corrected chi connectivity index (χ0v) is 18.6. The molecule has 0 heterocycles. The fourth-order valence-electron chi connectivity index (χ4n) is 3.18. The first-order valence-corrected chi connectivity index (χ1v) is 9.49. The van der Waals surface area contributed by atoms with Crippen molar-refractivity contribution in [1.29, 1.82) is 0 Å². The molecule has 0 bridgehead atoms. The highest BCUT2D eigenvalue weighted by atomic mass is 19.4. The maximum atomic E-state index is 13.6. The lowest BCUT2D eigenvalue weighted by atomic mass is 9.88. The van der Waals surface area contributed by atoms with E-state index >= 15 is 0 Å². The number of ether oxygens (including phenoxy) is 5. The number of ketones is 1. The van der Waals surface area contributed by atoms with E-state index in [9.17, 15) is 22.8 Å². The van der Waals surface area contributed by atoms with Gasteiger partial charge in [-0.25, -0.2) is 0 Å². The van der Waals surface area contributed by atoms with Crippen molar-refractivity contribution in [2.75, 3.05) is 40.9 Å². The number of nitrogens with one attached hydrogen (secondary N) is 1. The number of benzene rings is 2. The number of anilines is 1. The summed E-state index contributed by atoms with van der Waals surface area (Å²) in [6, 6.07) is 8.43. The Kier molecular flexibility index (Phi) is 8.66. The molecule has 2 aromatic rings. The third-order valence-electron chi connectivity index (χ3n) is 4.79. The van der Waals surface area contributed by atoms with Crippen molar-refractivity contribution in [3.05, 3.63) is 47.5 Å². The molecule has 0 saturated heterocycles. The van der Waals surface area contributed by atoms with Gasteiger partial charge in [0.2, 0.25) is 0 Å². The van der Waals surface area contributed by atoms with Gasteiger partial charge in [-0.2, -0.15) is 13.2 Å². The molecule has 33 heavy (non-hydrogen) atoms. The van der Waals surface area contributed by atoms with Gasteiger partial charge in [0.15, 0.2) is 12.1 Å². The molecule has 1 amide bonds. The molecule has 0 spiro atoms. The normalized spacial score (nSPS) is 12.3. The quantitative estimate of drug-likeness (QED) is 0.416. The maximum Gasteiger partial charge on any atom is 0.471 e. The summed E-state index contributed by atoms with van der Waals surface area (Å²) in [6.45, 7) is 0. The molecular formula is C22H24F3NO7. The number of hydrogen-bond donors (Lipinski definition) is 1. The van der Waals surface area contributed by atoms with Gasteiger partial charge in [-0.3, -0.25) is 9.59 Å². The van der Waals surface area contributed by atoms with Crippen molar-refractivity contribution in [1.82, 2.24) is 0 Å². The maximum absolute atomic E-state index is 13.6. The van der Waals surface area contributed by atoms with Crippen LogP contribution in [0, 0.1) is 0 Å². The van der Waals surface area contributed by atoms with E-state index in [1.165, 1.54) is 71.9 Å². The van der Waals surface area contributed by atoms with Gasteiger partial charge in [0, 0.05) is 32.0 Å². The summed E-state index contributed by atoms with van der Waals surface area (Å²) in [4.78, 5) is 25.3. The van der Waals surface area contributed by atoms with E-state index in [-0.39, 0.29) is 28.3 Å². The van der Waals surface area contributed by atoms with Gasteiger partial charge in [-0.05, 0) is 23.8 Å². The Bertz CT molecular complexity index is 990. The molecular weight excluding hydrogens is 447 g/mol. The molecule has 8 nitrogen and oxygen atoms in total. The van der Waals surface area contributed by atoms with Crippen molar-refractivity contribution in [3.63, 3.8) is 0 Å². The van der Waals surface area contributed by atoms with Crippen molar-refractivity contribution < 1.29 is 46.4 Å². The molecule has 180 valence electrons. The van der Waals surface area contributed by atoms with Crippen LogP contribution in [-0.4, -0.2) is 59.7 Å². The van der Waals surface area contributed by atoms with Crippen molar-refractivity contribution in [2.45, 2.75) is 18.4 Å². The second kappa shape index (κ2) is 11.0. The molecule has 1 unspecified atom stereocenters. The van der Waals surface area contributed by atoms with Gasteiger partial charge in [0.25, 0.3) is 0 Å². The van der Waals surface area contributed by atoms with E-state index in [1.54, 1.807) is 5.32 Å². The number of carbonyl (C=O) groups is 2. The first-order valence-electron chi connectivity index (χ1n) is 9.49. The fourth-order valence-corrected chi connectivity index (χ4v) is 3.18. The molecule has 1 atom stereocenters. The topological polar surface area (TPSA) is 92.3 Å². The summed E-state index contributed by atoms with van der Waals surface area (Å²) < 4.78 is 64.9. The smallest absolute Gasteiger partial charge is 0.471 e. The van der Waals surface area contributed by atoms with Crippen LogP contribution in [0.3, 0.4) is 0 Å². The molecule has 0 aromatic heterocycles. The predicted octanol–water partition coefficient (Wildman–Crippen LogP) is 3.80. The third kappa shape index (κ3) is 5.93. The van der Waals surface area contributed by atoms with Crippen molar-refractivity contribution in [2.24, 2.45) is 0 Å². The number of rotatable bonds is 10. The molecule has 2 aromatic carbocycles. The van der Waals surface area contributed by atoms with Crippen LogP contribution < -0.4 is 19.5 Å². The van der Waals surface area contributed by atoms with Crippen LogP contribution in [0.5, 0.6) is 17.2 Å². The molecule has 1 N–H and O–H groups in total. The number of halogens is 3. The minimum absolute atomic E-state index is 0.0185. The van der Waals surface area contributed by atoms with Crippen LogP contribution in [-0.2, 0) is 14.3 Å². The zero-order valence-electron chi connectivity index (χ0n) is 18.6. The summed E-state index contributed by atoms with van der Waals surface area (Å²) in [7, 11) is 6.65. The third-order valence-corrected chi connectivity index (χ3v) is 4.79. The number of amides is 1. The van der Waals surface area contributed by atoms with Crippen LogP contribution in [0.2, 0.25) is 0 Å². The SMILES string of the molecule is COc1ccc(C(C(=O)c2ccc(OC)cc2OC)C(OC)OC)c(NC(=O)C(F)(F)F)c1. The van der Waals surface area contributed by atoms with E-state index in [2.05, 4.69) is 0 Å². The van der Waals surface area contributed by atoms with Crippen molar-refractivity contribution in [3.8, 4) is 17.2 Å². The molecule has 0 aliphatic carbocycles. The first kappa shape index (κ1) is 25.9. The molecule has 0 radical (unpaired) electrons. The predicted molar refractivity (Wildman–Crippen MR) is 112 cm³/mol. The largest absolute Gasteiger partial charge is 0.497 e. The van der Waals surface area contributed by atoms with Gasteiger partial charge < -0.3 is 29.0 Å². The molecule has 0 fully saturated rings. The summed E-state index contributed by atoms with van der Waals surface area (Å²) in [5.41, 5.74) is -0.169. The van der Waals surface area contributed by atoms with Gasteiger partial charge in [0.1, 0.15) is 23.2 Å². The minimum atomic E-state index is -5.15. The van der Waals surface area contributed by atoms with E-state index in [0.29, 0.717) is 5.75 Å². The average Bonchev–Trinajstić information content (AvgIpc) is 2.81. The number of alkyl halides is 3. The van der Waals surface area contributed by atoms with Crippen LogP contribution in [0.4, 0.5) is 18.9 Å². The first-order chi connectivity index (χ1) is 15.6. The van der Waals surface area contributed by atoms with E-state index in [1.807, 2.05) is 0 Å². The average molecular weight is 471 g/mol. The van der Waals surface area contributed by atoms with Crippen molar-refractivity contribution >= 4 is 17.4 Å². The standard InChI is InChI=1S/C22H24F3NO7/c1-29-12-6-8-14(16(10-12)26-21(28)22(23,24)25)18(20(32-4)33-5)19(27)15-9-7-13(30-2)11-17(15)31-3/h6-11,18,20H,1-5H3,(H,26,28). The molecule has 2 rings (SSSR count). The summed E-state index contributed by atoms with van der Waals surface area (Å²) in [6.07, 6.45) is -6.36. The monoisotopic (exact) mass is 471 g/mol. The zero-order chi connectivity index (χ0) is 24.8. The van der Waals surface area contributed by atoms with E-state index in [4.69, 9.17) is 23.7 Å². The number of carbonyl (C=O) groups excluding carboxylic acids is 2. The van der Waals surface area contributed by atoms with Crippen LogP contribution in [0.25, 0.3) is 0 Å². The van der Waals surface area contributed by atoms with E-state index in [0.717, 1.165) is 0 Å². The van der Waals surface area contributed by atoms with Crippen LogP contribution >= 0.6 is 0 Å². The Labute approximate surface area is 188 Å². The summed E-state index contributed by atoms with van der Waals surface area (Å²) in [5, 5.41) is 1.80. The Balaban J connectivity index is 2.68. The highest BCUT2D eigenvalue weighted by Gasteiger charge is 2.40. The second-order valence-corrected chi connectivity index (χ2v) is 6.65.